The van der Waals surface area contributed by atoms with Crippen molar-refractivity contribution in [2.45, 2.75) is 13.8 Å². The third kappa shape index (κ3) is 1.18. The van der Waals surface area contributed by atoms with Gasteiger partial charge in [-0.2, -0.15) is 0 Å². The molecule has 0 saturated carbocycles. The zero-order valence-corrected chi connectivity index (χ0v) is 8.07. The fraction of sp³-hybridized carbons (Fsp3) is 0.167. The van der Waals surface area contributed by atoms with Gasteiger partial charge in [-0.15, -0.1) is 0 Å². The highest BCUT2D eigenvalue weighted by atomic mass is 19.1. The predicted molar refractivity (Wildman–Crippen MR) is 53.3 cm³/mol. The largest absolute Gasteiger partial charge is 0.206 e. The SMILES string of the molecule is Cc1ccc2c(F)c(C)ccc2c1F. The summed E-state index contributed by atoms with van der Waals surface area (Å²) in [5.74, 6) is -0.664. The summed E-state index contributed by atoms with van der Waals surface area (Å²) in [6.45, 7) is 3.35. The van der Waals surface area contributed by atoms with Crippen molar-refractivity contribution < 1.29 is 8.78 Å². The Hall–Kier alpha value is -1.44. The van der Waals surface area contributed by atoms with Crippen LogP contribution in [0.25, 0.3) is 10.8 Å². The molecule has 0 aromatic heterocycles. The maximum absolute atomic E-state index is 13.5. The molecule has 0 amide bonds. The van der Waals surface area contributed by atoms with Crippen molar-refractivity contribution in [1.29, 1.82) is 0 Å². The monoisotopic (exact) mass is 192 g/mol. The number of hydrogen-bond donors (Lipinski definition) is 0. The van der Waals surface area contributed by atoms with Gasteiger partial charge in [0, 0.05) is 10.8 Å². The van der Waals surface area contributed by atoms with Crippen LogP contribution in [0.5, 0.6) is 0 Å². The van der Waals surface area contributed by atoms with Crippen molar-refractivity contribution in [3.05, 3.63) is 47.0 Å². The molecule has 72 valence electrons. The van der Waals surface area contributed by atoms with Crippen LogP contribution in [0.4, 0.5) is 8.78 Å². The van der Waals surface area contributed by atoms with Gasteiger partial charge in [-0.1, -0.05) is 24.3 Å². The van der Waals surface area contributed by atoms with Gasteiger partial charge in [0.15, 0.2) is 0 Å². The summed E-state index contributed by atoms with van der Waals surface area (Å²) < 4.78 is 27.1. The zero-order chi connectivity index (χ0) is 10.3. The first kappa shape index (κ1) is 9.13. The summed E-state index contributed by atoms with van der Waals surface area (Å²) in [6.07, 6.45) is 0. The molecule has 2 heteroatoms. The lowest BCUT2D eigenvalue weighted by molar-refractivity contribution is 0.619. The lowest BCUT2D eigenvalue weighted by Gasteiger charge is -2.05. The van der Waals surface area contributed by atoms with Gasteiger partial charge in [0.05, 0.1) is 0 Å². The van der Waals surface area contributed by atoms with Gasteiger partial charge in [-0.25, -0.2) is 8.78 Å². The molecule has 0 nitrogen and oxygen atoms in total. The van der Waals surface area contributed by atoms with E-state index in [1.807, 2.05) is 0 Å². The second-order valence-electron chi connectivity index (χ2n) is 3.49. The number of benzene rings is 2. The van der Waals surface area contributed by atoms with Crippen LogP contribution >= 0.6 is 0 Å². The normalized spacial score (nSPS) is 10.9. The van der Waals surface area contributed by atoms with E-state index in [9.17, 15) is 8.78 Å². The van der Waals surface area contributed by atoms with Gasteiger partial charge >= 0.3 is 0 Å². The number of hydrogen-bond acceptors (Lipinski definition) is 0. The van der Waals surface area contributed by atoms with Crippen molar-refractivity contribution in [3.8, 4) is 0 Å². The zero-order valence-electron chi connectivity index (χ0n) is 8.07. The first-order valence-corrected chi connectivity index (χ1v) is 4.45. The molecule has 0 N–H and O–H groups in total. The molecule has 0 saturated heterocycles. The third-order valence-electron chi connectivity index (χ3n) is 2.46. The van der Waals surface area contributed by atoms with Crippen LogP contribution in [0.15, 0.2) is 24.3 Å². The Morgan fingerprint density at radius 2 is 1.07 bits per heavy atom. The molecule has 0 fully saturated rings. The van der Waals surface area contributed by atoms with E-state index in [4.69, 9.17) is 0 Å². The lowest BCUT2D eigenvalue weighted by atomic mass is 10.0. The van der Waals surface area contributed by atoms with Crippen LogP contribution in [0.2, 0.25) is 0 Å². The minimum Gasteiger partial charge on any atom is -0.206 e. The van der Waals surface area contributed by atoms with Crippen LogP contribution in [0.1, 0.15) is 11.1 Å². The predicted octanol–water partition coefficient (Wildman–Crippen LogP) is 3.73. The summed E-state index contributed by atoms with van der Waals surface area (Å²) in [5.41, 5.74) is 1.08. The van der Waals surface area contributed by atoms with Crippen LogP contribution in [-0.4, -0.2) is 0 Å². The number of fused-ring (bicyclic) bond motifs is 1. The van der Waals surface area contributed by atoms with Crippen molar-refractivity contribution in [2.75, 3.05) is 0 Å². The van der Waals surface area contributed by atoms with E-state index in [-0.39, 0.29) is 11.6 Å². The molecule has 0 aliphatic carbocycles. The van der Waals surface area contributed by atoms with Gasteiger partial charge in [0.1, 0.15) is 11.6 Å². The molecule has 14 heavy (non-hydrogen) atoms. The van der Waals surface area contributed by atoms with Crippen LogP contribution in [0.3, 0.4) is 0 Å². The molecule has 2 rings (SSSR count). The molecule has 0 atom stereocenters. The van der Waals surface area contributed by atoms with Crippen molar-refractivity contribution >= 4 is 10.8 Å². The van der Waals surface area contributed by atoms with E-state index in [1.54, 1.807) is 38.1 Å². The highest BCUT2D eigenvalue weighted by Crippen LogP contribution is 2.24. The Kier molecular flexibility index (Phi) is 1.99. The number of aryl methyl sites for hydroxylation is 2. The average Bonchev–Trinajstić information content (AvgIpc) is 2.17. The van der Waals surface area contributed by atoms with Gasteiger partial charge in [0.2, 0.25) is 0 Å². The summed E-state index contributed by atoms with van der Waals surface area (Å²) >= 11 is 0. The Balaban J connectivity index is 2.94. The summed E-state index contributed by atoms with van der Waals surface area (Å²) in [6, 6.07) is 6.44. The first-order chi connectivity index (χ1) is 6.61. The second-order valence-corrected chi connectivity index (χ2v) is 3.49. The number of rotatable bonds is 0. The summed E-state index contributed by atoms with van der Waals surface area (Å²) in [5, 5.41) is 0.709. The van der Waals surface area contributed by atoms with E-state index in [1.165, 1.54) is 0 Å². The molecule has 2 aromatic rings. The maximum atomic E-state index is 13.5. The molecule has 0 aliphatic heterocycles. The molecular weight excluding hydrogens is 182 g/mol. The molecule has 0 aliphatic rings. The molecule has 0 radical (unpaired) electrons. The van der Waals surface area contributed by atoms with Gasteiger partial charge in [0.25, 0.3) is 0 Å². The van der Waals surface area contributed by atoms with Gasteiger partial charge in [-0.3, -0.25) is 0 Å². The Morgan fingerprint density at radius 3 is 1.43 bits per heavy atom. The van der Waals surface area contributed by atoms with Gasteiger partial charge in [-0.05, 0) is 25.0 Å². The van der Waals surface area contributed by atoms with E-state index in [0.717, 1.165) is 0 Å². The van der Waals surface area contributed by atoms with Crippen molar-refractivity contribution in [1.82, 2.24) is 0 Å². The molecule has 0 spiro atoms. The first-order valence-electron chi connectivity index (χ1n) is 4.45. The molecule has 0 bridgehead atoms. The Labute approximate surface area is 81.2 Å². The van der Waals surface area contributed by atoms with Crippen molar-refractivity contribution in [3.63, 3.8) is 0 Å². The van der Waals surface area contributed by atoms with E-state index in [2.05, 4.69) is 0 Å². The Bertz CT molecular complexity index is 454. The van der Waals surface area contributed by atoms with Crippen LogP contribution < -0.4 is 0 Å². The summed E-state index contributed by atoms with van der Waals surface area (Å²) in [7, 11) is 0. The molecular formula is C12H10F2. The minimum absolute atomic E-state index is 0.332. The smallest absolute Gasteiger partial charge is 0.134 e. The average molecular weight is 192 g/mol. The number of halogens is 2. The van der Waals surface area contributed by atoms with Crippen LogP contribution in [0, 0.1) is 25.5 Å². The topological polar surface area (TPSA) is 0 Å². The third-order valence-corrected chi connectivity index (χ3v) is 2.46. The molecule has 0 heterocycles. The van der Waals surface area contributed by atoms with E-state index < -0.39 is 0 Å². The highest BCUT2D eigenvalue weighted by Gasteiger charge is 2.08. The van der Waals surface area contributed by atoms with Crippen LogP contribution in [-0.2, 0) is 0 Å². The van der Waals surface area contributed by atoms with Gasteiger partial charge < -0.3 is 0 Å². The fourth-order valence-electron chi connectivity index (χ4n) is 1.55. The maximum Gasteiger partial charge on any atom is 0.134 e. The Morgan fingerprint density at radius 1 is 0.714 bits per heavy atom. The quantitative estimate of drug-likeness (QED) is 0.596. The molecule has 2 aromatic carbocycles. The standard InChI is InChI=1S/C12H10F2/c1-7-3-5-10-9(11(7)13)6-4-8(2)12(10)14/h3-6H,1-2H3. The minimum atomic E-state index is -0.332. The lowest BCUT2D eigenvalue weighted by Crippen LogP contribution is -1.90. The summed E-state index contributed by atoms with van der Waals surface area (Å²) in [4.78, 5) is 0. The highest BCUT2D eigenvalue weighted by molar-refractivity contribution is 5.85. The van der Waals surface area contributed by atoms with E-state index >= 15 is 0 Å². The van der Waals surface area contributed by atoms with E-state index in [0.29, 0.717) is 21.9 Å². The fourth-order valence-corrected chi connectivity index (χ4v) is 1.55. The van der Waals surface area contributed by atoms with Crippen molar-refractivity contribution in [2.24, 2.45) is 0 Å². The molecule has 0 unspecified atom stereocenters. The second kappa shape index (κ2) is 3.05.